The number of hydrogen-bond donors (Lipinski definition) is 2. The maximum absolute atomic E-state index is 14.0. The van der Waals surface area contributed by atoms with Crippen molar-refractivity contribution in [2.24, 2.45) is 0 Å². The van der Waals surface area contributed by atoms with E-state index < -0.39 is 29.4 Å². The lowest BCUT2D eigenvalue weighted by atomic mass is 9.93. The molecule has 2 N–H and O–H groups in total. The lowest BCUT2D eigenvalue weighted by Gasteiger charge is -2.46. The number of carbonyl (C=O) groups is 2. The van der Waals surface area contributed by atoms with E-state index in [1.165, 1.54) is 11.0 Å². The highest BCUT2D eigenvalue weighted by atomic mass is 19.4. The fraction of sp³-hybridized carbons (Fsp3) is 0.286. The first kappa shape index (κ1) is 25.6. The molecule has 0 aliphatic carbocycles. The third-order valence-electron chi connectivity index (χ3n) is 7.22. The molecule has 2 aliphatic rings. The van der Waals surface area contributed by atoms with Gasteiger partial charge in [-0.25, -0.2) is 4.79 Å². The highest BCUT2D eigenvalue weighted by Gasteiger charge is 2.53. The Morgan fingerprint density at radius 2 is 1.61 bits per heavy atom. The number of hydrogen-bond acceptors (Lipinski definition) is 4. The van der Waals surface area contributed by atoms with Crippen LogP contribution >= 0.6 is 0 Å². The Morgan fingerprint density at radius 1 is 0.895 bits per heavy atom. The van der Waals surface area contributed by atoms with E-state index in [1.807, 2.05) is 19.9 Å². The molecule has 0 spiro atoms. The second-order valence-electron chi connectivity index (χ2n) is 9.58. The number of anilines is 3. The van der Waals surface area contributed by atoms with Gasteiger partial charge in [-0.05, 0) is 61.4 Å². The van der Waals surface area contributed by atoms with Gasteiger partial charge < -0.3 is 20.2 Å². The van der Waals surface area contributed by atoms with Crippen molar-refractivity contribution in [1.82, 2.24) is 4.90 Å². The van der Waals surface area contributed by atoms with Gasteiger partial charge in [0.25, 0.3) is 11.6 Å². The third kappa shape index (κ3) is 4.34. The van der Waals surface area contributed by atoms with E-state index in [0.29, 0.717) is 17.1 Å². The van der Waals surface area contributed by atoms with Crippen LogP contribution in [0, 0.1) is 13.8 Å². The van der Waals surface area contributed by atoms with Gasteiger partial charge in [-0.1, -0.05) is 30.3 Å². The molecule has 7 nitrogen and oxygen atoms in total. The number of carbonyl (C=O) groups excluding carboxylic acids is 2. The zero-order valence-corrected chi connectivity index (χ0v) is 20.9. The van der Waals surface area contributed by atoms with Gasteiger partial charge in [0, 0.05) is 43.1 Å². The molecular weight excluding hydrogens is 497 g/mol. The first-order valence-electron chi connectivity index (χ1n) is 12.2. The van der Waals surface area contributed by atoms with Gasteiger partial charge in [0.15, 0.2) is 0 Å². The first-order valence-corrected chi connectivity index (χ1v) is 12.2. The molecule has 2 heterocycles. The van der Waals surface area contributed by atoms with Gasteiger partial charge in [-0.3, -0.25) is 9.69 Å². The predicted octanol–water partition coefficient (Wildman–Crippen LogP) is 4.87. The van der Waals surface area contributed by atoms with E-state index in [9.17, 15) is 27.9 Å². The fourth-order valence-electron chi connectivity index (χ4n) is 4.98. The molecule has 3 amide bonds. The van der Waals surface area contributed by atoms with E-state index in [1.54, 1.807) is 47.4 Å². The van der Waals surface area contributed by atoms with Crippen molar-refractivity contribution in [3.8, 4) is 0 Å². The topological polar surface area (TPSA) is 76.1 Å². The summed E-state index contributed by atoms with van der Waals surface area (Å²) in [5.41, 5.74) is 0.156. The van der Waals surface area contributed by atoms with Crippen LogP contribution in [0.25, 0.3) is 0 Å². The van der Waals surface area contributed by atoms with Crippen molar-refractivity contribution < 1.29 is 27.9 Å². The molecule has 0 radical (unpaired) electrons. The predicted molar refractivity (Wildman–Crippen MR) is 138 cm³/mol. The van der Waals surface area contributed by atoms with Crippen molar-refractivity contribution in [2.75, 3.05) is 41.3 Å². The summed E-state index contributed by atoms with van der Waals surface area (Å²) in [6.45, 7) is 4.64. The number of fused-ring (bicyclic) bond motifs is 1. The first-order chi connectivity index (χ1) is 18.0. The number of urea groups is 1. The van der Waals surface area contributed by atoms with Gasteiger partial charge in [0.1, 0.15) is 0 Å². The van der Waals surface area contributed by atoms with Crippen LogP contribution < -0.4 is 15.1 Å². The van der Waals surface area contributed by atoms with Crippen LogP contribution in [0.4, 0.5) is 35.0 Å². The number of para-hydroxylation sites is 1. The SMILES string of the molecule is Cc1ccc(N2C(=O)Nc3ccccc3C2(O)C(=O)N2CCN(c3cccc(C(F)(F)F)c3)CC2)cc1C. The van der Waals surface area contributed by atoms with Crippen LogP contribution in [-0.4, -0.2) is 48.1 Å². The molecule has 1 saturated heterocycles. The van der Waals surface area contributed by atoms with Crippen LogP contribution in [-0.2, 0) is 16.7 Å². The zero-order chi connectivity index (χ0) is 27.2. The van der Waals surface area contributed by atoms with Crippen molar-refractivity contribution in [3.63, 3.8) is 0 Å². The molecule has 38 heavy (non-hydrogen) atoms. The van der Waals surface area contributed by atoms with E-state index in [2.05, 4.69) is 5.32 Å². The van der Waals surface area contributed by atoms with E-state index in [0.717, 1.165) is 28.2 Å². The number of halogens is 3. The lowest BCUT2D eigenvalue weighted by Crippen LogP contribution is -2.65. The zero-order valence-electron chi connectivity index (χ0n) is 20.9. The lowest BCUT2D eigenvalue weighted by molar-refractivity contribution is -0.152. The molecule has 1 unspecified atom stereocenters. The second-order valence-corrected chi connectivity index (χ2v) is 9.58. The summed E-state index contributed by atoms with van der Waals surface area (Å²) in [4.78, 5) is 31.6. The second kappa shape index (κ2) is 9.36. The van der Waals surface area contributed by atoms with Crippen molar-refractivity contribution in [3.05, 3.63) is 89.0 Å². The third-order valence-corrected chi connectivity index (χ3v) is 7.22. The average Bonchev–Trinajstić information content (AvgIpc) is 2.90. The minimum atomic E-state index is -4.45. The highest BCUT2D eigenvalue weighted by Crippen LogP contribution is 2.41. The maximum Gasteiger partial charge on any atom is 0.416 e. The van der Waals surface area contributed by atoms with Crippen LogP contribution in [0.15, 0.2) is 66.7 Å². The number of aliphatic hydroxyl groups is 1. The summed E-state index contributed by atoms with van der Waals surface area (Å²) in [7, 11) is 0. The molecule has 5 rings (SSSR count). The summed E-state index contributed by atoms with van der Waals surface area (Å²) < 4.78 is 39.6. The van der Waals surface area contributed by atoms with Gasteiger partial charge in [0.2, 0.25) is 0 Å². The van der Waals surface area contributed by atoms with Gasteiger partial charge >= 0.3 is 12.2 Å². The molecule has 3 aromatic carbocycles. The molecule has 2 aliphatic heterocycles. The number of alkyl halides is 3. The Bertz CT molecular complexity index is 1400. The van der Waals surface area contributed by atoms with E-state index in [-0.39, 0.29) is 31.7 Å². The van der Waals surface area contributed by atoms with Crippen LogP contribution in [0.2, 0.25) is 0 Å². The van der Waals surface area contributed by atoms with Crippen LogP contribution in [0.3, 0.4) is 0 Å². The average molecular weight is 525 g/mol. The molecule has 198 valence electrons. The Balaban J connectivity index is 1.46. The van der Waals surface area contributed by atoms with Gasteiger partial charge in [0.05, 0.1) is 11.3 Å². The number of rotatable bonds is 3. The standard InChI is InChI=1S/C28H27F3N4O3/c1-18-10-11-22(16-19(18)2)35-26(37)32-24-9-4-3-8-23(24)27(35,38)25(36)34-14-12-33(13-15-34)21-7-5-6-20(17-21)28(29,30)31/h3-11,16-17,38H,12-15H2,1-2H3,(H,32,37). The largest absolute Gasteiger partial charge is 0.416 e. The highest BCUT2D eigenvalue weighted by molar-refractivity contribution is 6.11. The number of piperazine rings is 1. The van der Waals surface area contributed by atoms with Crippen molar-refractivity contribution in [1.29, 1.82) is 0 Å². The monoisotopic (exact) mass is 524 g/mol. The number of nitrogens with one attached hydrogen (secondary N) is 1. The minimum Gasteiger partial charge on any atom is -0.368 e. The number of aryl methyl sites for hydroxylation is 2. The van der Waals surface area contributed by atoms with Crippen molar-refractivity contribution in [2.45, 2.75) is 25.7 Å². The molecule has 10 heteroatoms. The summed E-state index contributed by atoms with van der Waals surface area (Å²) >= 11 is 0. The minimum absolute atomic E-state index is 0.155. The smallest absolute Gasteiger partial charge is 0.368 e. The molecule has 1 atom stereocenters. The Hall–Kier alpha value is -4.05. The van der Waals surface area contributed by atoms with E-state index in [4.69, 9.17) is 0 Å². The van der Waals surface area contributed by atoms with Crippen LogP contribution in [0.5, 0.6) is 0 Å². The maximum atomic E-state index is 14.0. The molecule has 0 bridgehead atoms. The Labute approximate surface area is 218 Å². The molecule has 1 fully saturated rings. The molecule has 0 aromatic heterocycles. The van der Waals surface area contributed by atoms with Crippen LogP contribution in [0.1, 0.15) is 22.3 Å². The molecule has 3 aromatic rings. The normalized spacial score (nSPS) is 19.7. The summed E-state index contributed by atoms with van der Waals surface area (Å²) in [6, 6.07) is 16.3. The number of benzene rings is 3. The fourth-order valence-corrected chi connectivity index (χ4v) is 4.98. The Kier molecular flexibility index (Phi) is 6.30. The summed E-state index contributed by atoms with van der Waals surface area (Å²) in [5, 5.41) is 14.9. The number of nitrogens with zero attached hydrogens (tertiary/aromatic N) is 3. The molecular formula is C28H27F3N4O3. The van der Waals surface area contributed by atoms with E-state index >= 15 is 0 Å². The molecule has 0 saturated carbocycles. The summed E-state index contributed by atoms with van der Waals surface area (Å²) in [5.74, 6) is -0.679. The van der Waals surface area contributed by atoms with Crippen molar-refractivity contribution >= 4 is 29.0 Å². The number of amides is 3. The quantitative estimate of drug-likeness (QED) is 0.513. The van der Waals surface area contributed by atoms with Gasteiger partial charge in [-0.2, -0.15) is 13.2 Å². The Morgan fingerprint density at radius 3 is 2.29 bits per heavy atom. The van der Waals surface area contributed by atoms with Gasteiger partial charge in [-0.15, -0.1) is 0 Å². The summed E-state index contributed by atoms with van der Waals surface area (Å²) in [6.07, 6.45) is -4.45.